The highest BCUT2D eigenvalue weighted by molar-refractivity contribution is 5.81. The molecule has 1 atom stereocenters. The average Bonchev–Trinajstić information content (AvgIpc) is 2.56. The van der Waals surface area contributed by atoms with Gasteiger partial charge in [0, 0.05) is 13.2 Å². The van der Waals surface area contributed by atoms with Gasteiger partial charge in [0.2, 0.25) is 5.91 Å². The van der Waals surface area contributed by atoms with Crippen LogP contribution in [0.1, 0.15) is 39.0 Å². The molecule has 0 saturated carbocycles. The molecule has 0 radical (unpaired) electrons. The monoisotopic (exact) mass is 331 g/mol. The molecule has 138 valence electrons. The number of nitrogens with one attached hydrogen (secondary N) is 3. The molecule has 0 bridgehead atoms. The Bertz CT molecular complexity index is 267. The number of carbonyl (C=O) groups is 1. The summed E-state index contributed by atoms with van der Waals surface area (Å²) in [5, 5.41) is 9.56. The number of rotatable bonds is 17. The van der Waals surface area contributed by atoms with E-state index in [4.69, 9.17) is 16.2 Å². The summed E-state index contributed by atoms with van der Waals surface area (Å²) in [7, 11) is 0. The van der Waals surface area contributed by atoms with E-state index in [1.54, 1.807) is 0 Å². The lowest BCUT2D eigenvalue weighted by atomic mass is 10.1. The van der Waals surface area contributed by atoms with Gasteiger partial charge in [0.15, 0.2) is 0 Å². The second-order valence-electron chi connectivity index (χ2n) is 5.59. The first-order valence-corrected chi connectivity index (χ1v) is 8.95. The third-order valence-electron chi connectivity index (χ3n) is 3.39. The second kappa shape index (κ2) is 17.6. The smallest absolute Gasteiger partial charge is 0.237 e. The first kappa shape index (κ1) is 22.3. The zero-order chi connectivity index (χ0) is 17.2. The minimum absolute atomic E-state index is 0.0454. The Morgan fingerprint density at radius 2 is 1.70 bits per heavy atom. The van der Waals surface area contributed by atoms with E-state index in [-0.39, 0.29) is 11.9 Å². The highest BCUT2D eigenvalue weighted by Crippen LogP contribution is 1.98. The maximum absolute atomic E-state index is 12.2. The lowest BCUT2D eigenvalue weighted by Crippen LogP contribution is -2.46. The van der Waals surface area contributed by atoms with Crippen LogP contribution in [0.15, 0.2) is 0 Å². The molecule has 1 amide bonds. The zero-order valence-electron chi connectivity index (χ0n) is 14.7. The van der Waals surface area contributed by atoms with Crippen molar-refractivity contribution in [3.8, 4) is 0 Å². The minimum atomic E-state index is -0.163. The van der Waals surface area contributed by atoms with Gasteiger partial charge in [0.25, 0.3) is 0 Å². The third kappa shape index (κ3) is 14.6. The Morgan fingerprint density at radius 3 is 2.39 bits per heavy atom. The van der Waals surface area contributed by atoms with Gasteiger partial charge in [-0.2, -0.15) is 0 Å². The van der Waals surface area contributed by atoms with E-state index in [2.05, 4.69) is 22.9 Å². The molecule has 0 spiro atoms. The summed E-state index contributed by atoms with van der Waals surface area (Å²) in [5.41, 5.74) is 11.0. The lowest BCUT2D eigenvalue weighted by Gasteiger charge is -2.18. The maximum atomic E-state index is 12.2. The Labute approximate surface area is 141 Å². The molecule has 0 rings (SSSR count). The van der Waals surface area contributed by atoms with E-state index >= 15 is 0 Å². The van der Waals surface area contributed by atoms with Crippen LogP contribution in [-0.4, -0.2) is 64.4 Å². The van der Waals surface area contributed by atoms with Gasteiger partial charge in [-0.25, -0.2) is 0 Å². The molecule has 7 heteroatoms. The average molecular weight is 332 g/mol. The number of ether oxygens (including phenoxy) is 1. The molecule has 0 aliphatic carbocycles. The van der Waals surface area contributed by atoms with E-state index in [0.29, 0.717) is 26.2 Å². The largest absolute Gasteiger partial charge is 0.380 e. The molecule has 0 saturated heterocycles. The fourth-order valence-corrected chi connectivity index (χ4v) is 2.10. The molecular weight excluding hydrogens is 294 g/mol. The summed E-state index contributed by atoms with van der Waals surface area (Å²) in [5.74, 6) is 0.0454. The fraction of sp³-hybridized carbons (Fsp3) is 0.938. The Balaban J connectivity index is 3.93. The van der Waals surface area contributed by atoms with Crippen LogP contribution in [0.5, 0.6) is 0 Å². The maximum Gasteiger partial charge on any atom is 0.237 e. The van der Waals surface area contributed by atoms with Crippen molar-refractivity contribution in [2.24, 2.45) is 11.5 Å². The number of hydrogen-bond acceptors (Lipinski definition) is 6. The van der Waals surface area contributed by atoms with Crippen LogP contribution in [0.25, 0.3) is 0 Å². The number of hydrogen-bond donors (Lipinski definition) is 5. The Morgan fingerprint density at radius 1 is 1.00 bits per heavy atom. The normalized spacial score (nSPS) is 12.3. The first-order valence-electron chi connectivity index (χ1n) is 8.95. The molecule has 0 aromatic heterocycles. The van der Waals surface area contributed by atoms with Crippen LogP contribution in [0.2, 0.25) is 0 Å². The number of nitrogens with two attached hydrogens (primary N) is 2. The number of carbonyl (C=O) groups excluding carboxylic acids is 1. The summed E-state index contributed by atoms with van der Waals surface area (Å²) in [4.78, 5) is 12.2. The fourth-order valence-electron chi connectivity index (χ4n) is 2.10. The molecule has 23 heavy (non-hydrogen) atoms. The Kier molecular flexibility index (Phi) is 17.1. The molecule has 0 aromatic carbocycles. The van der Waals surface area contributed by atoms with Crippen LogP contribution in [-0.2, 0) is 9.53 Å². The second-order valence-corrected chi connectivity index (χ2v) is 5.59. The number of amides is 1. The van der Waals surface area contributed by atoms with Crippen molar-refractivity contribution in [3.05, 3.63) is 0 Å². The van der Waals surface area contributed by atoms with Crippen molar-refractivity contribution < 1.29 is 9.53 Å². The summed E-state index contributed by atoms with van der Waals surface area (Å²) >= 11 is 0. The van der Waals surface area contributed by atoms with E-state index in [1.165, 1.54) is 0 Å². The van der Waals surface area contributed by atoms with Gasteiger partial charge >= 0.3 is 0 Å². The van der Waals surface area contributed by atoms with Gasteiger partial charge in [-0.3, -0.25) is 4.79 Å². The molecule has 0 aromatic rings. The third-order valence-corrected chi connectivity index (χ3v) is 3.39. The standard InChI is InChI=1S/C16H37N5O2/c1-2-13-23-14-12-21-16(22)15(20-11-5-8-18)6-3-9-19-10-4-7-17/h15,19-20H,2-14,17-18H2,1H3,(H,21,22). The van der Waals surface area contributed by atoms with Gasteiger partial charge in [0.05, 0.1) is 12.6 Å². The first-order chi connectivity index (χ1) is 11.3. The summed E-state index contributed by atoms with van der Waals surface area (Å²) < 4.78 is 5.38. The highest BCUT2D eigenvalue weighted by atomic mass is 16.5. The molecule has 7 nitrogen and oxygen atoms in total. The highest BCUT2D eigenvalue weighted by Gasteiger charge is 2.16. The lowest BCUT2D eigenvalue weighted by molar-refractivity contribution is -0.123. The summed E-state index contributed by atoms with van der Waals surface area (Å²) in [6, 6.07) is -0.163. The van der Waals surface area contributed by atoms with Gasteiger partial charge in [-0.05, 0) is 64.8 Å². The molecular formula is C16H37N5O2. The van der Waals surface area contributed by atoms with E-state index in [9.17, 15) is 4.79 Å². The molecule has 0 aliphatic heterocycles. The van der Waals surface area contributed by atoms with Crippen molar-refractivity contribution in [3.63, 3.8) is 0 Å². The predicted molar refractivity (Wildman–Crippen MR) is 95.4 cm³/mol. The van der Waals surface area contributed by atoms with Gasteiger partial charge in [-0.1, -0.05) is 6.92 Å². The topological polar surface area (TPSA) is 114 Å². The molecule has 0 fully saturated rings. The van der Waals surface area contributed by atoms with Crippen molar-refractivity contribution in [2.45, 2.75) is 45.1 Å². The molecule has 7 N–H and O–H groups in total. The molecule has 1 unspecified atom stereocenters. The van der Waals surface area contributed by atoms with Crippen molar-refractivity contribution >= 4 is 5.91 Å². The van der Waals surface area contributed by atoms with Gasteiger partial charge < -0.3 is 32.2 Å². The van der Waals surface area contributed by atoms with Crippen molar-refractivity contribution in [1.29, 1.82) is 0 Å². The van der Waals surface area contributed by atoms with Crippen LogP contribution in [0.4, 0.5) is 0 Å². The quantitative estimate of drug-likeness (QED) is 0.231. The van der Waals surface area contributed by atoms with E-state index in [0.717, 1.165) is 58.3 Å². The SMILES string of the molecule is CCCOCCNC(=O)C(CCCNCCCN)NCCCN. The predicted octanol–water partition coefficient (Wildman–Crippen LogP) is -0.445. The van der Waals surface area contributed by atoms with E-state index < -0.39 is 0 Å². The van der Waals surface area contributed by atoms with Crippen LogP contribution >= 0.6 is 0 Å². The minimum Gasteiger partial charge on any atom is -0.380 e. The van der Waals surface area contributed by atoms with Crippen molar-refractivity contribution in [1.82, 2.24) is 16.0 Å². The van der Waals surface area contributed by atoms with Crippen LogP contribution in [0, 0.1) is 0 Å². The van der Waals surface area contributed by atoms with E-state index in [1.807, 2.05) is 0 Å². The van der Waals surface area contributed by atoms with Crippen molar-refractivity contribution in [2.75, 3.05) is 52.5 Å². The Hall–Kier alpha value is -0.730. The summed E-state index contributed by atoms with van der Waals surface area (Å²) in [6.07, 6.45) is 4.61. The van der Waals surface area contributed by atoms with Gasteiger partial charge in [0.1, 0.15) is 0 Å². The molecule has 0 aliphatic rings. The molecule has 0 heterocycles. The summed E-state index contributed by atoms with van der Waals surface area (Å²) in [6.45, 7) is 7.87. The van der Waals surface area contributed by atoms with Crippen LogP contribution in [0.3, 0.4) is 0 Å². The van der Waals surface area contributed by atoms with Crippen LogP contribution < -0.4 is 27.4 Å². The van der Waals surface area contributed by atoms with Gasteiger partial charge in [-0.15, -0.1) is 0 Å². The zero-order valence-corrected chi connectivity index (χ0v) is 14.7.